The first-order valence-electron chi connectivity index (χ1n) is 10.1. The first kappa shape index (κ1) is 21.7. The topological polar surface area (TPSA) is 98.3 Å². The summed E-state index contributed by atoms with van der Waals surface area (Å²) in [5.41, 5.74) is 3.94. The van der Waals surface area contributed by atoms with Crippen molar-refractivity contribution in [1.29, 1.82) is 0 Å². The Kier molecular flexibility index (Phi) is 6.05. The van der Waals surface area contributed by atoms with Gasteiger partial charge in [0, 0.05) is 27.9 Å². The van der Waals surface area contributed by atoms with Crippen LogP contribution in [-0.2, 0) is 0 Å². The zero-order chi connectivity index (χ0) is 22.8. The van der Waals surface area contributed by atoms with Crippen molar-refractivity contribution in [2.45, 2.75) is 26.2 Å². The first-order chi connectivity index (χ1) is 15.4. The summed E-state index contributed by atoms with van der Waals surface area (Å²) in [6, 6.07) is 17.2. The van der Waals surface area contributed by atoms with Gasteiger partial charge >= 0.3 is 0 Å². The standard InChI is InChI=1S/C24H20BrN3O4/c1-3-14(2)15-7-10-22-21(12-15)27-24(32-22)16-5-4-6-17(11-16)26-23(29)19-13-18(28(30)31)8-9-20(19)25/h4-14H,3H2,1-2H3,(H,26,29). The fraction of sp³-hybridized carbons (Fsp3) is 0.167. The van der Waals surface area contributed by atoms with Gasteiger partial charge in [-0.2, -0.15) is 0 Å². The number of benzene rings is 3. The molecule has 3 aromatic carbocycles. The Morgan fingerprint density at radius 1 is 1.19 bits per heavy atom. The summed E-state index contributed by atoms with van der Waals surface area (Å²) >= 11 is 3.28. The number of anilines is 1. The second-order valence-corrected chi connectivity index (χ2v) is 8.37. The fourth-order valence-corrected chi connectivity index (χ4v) is 3.77. The van der Waals surface area contributed by atoms with E-state index in [0.29, 0.717) is 33.1 Å². The Labute approximate surface area is 192 Å². The van der Waals surface area contributed by atoms with Crippen molar-refractivity contribution in [3.63, 3.8) is 0 Å². The zero-order valence-electron chi connectivity index (χ0n) is 17.5. The molecule has 0 aliphatic rings. The quantitative estimate of drug-likeness (QED) is 0.232. The van der Waals surface area contributed by atoms with E-state index < -0.39 is 10.8 Å². The summed E-state index contributed by atoms with van der Waals surface area (Å²) in [5, 5.41) is 13.8. The highest BCUT2D eigenvalue weighted by molar-refractivity contribution is 9.10. The van der Waals surface area contributed by atoms with Crippen LogP contribution in [0.2, 0.25) is 0 Å². The number of rotatable bonds is 6. The van der Waals surface area contributed by atoms with E-state index in [1.165, 1.54) is 23.8 Å². The van der Waals surface area contributed by atoms with Crippen molar-refractivity contribution in [3.8, 4) is 11.5 Å². The normalized spacial score (nSPS) is 12.0. The van der Waals surface area contributed by atoms with Crippen LogP contribution >= 0.6 is 15.9 Å². The maximum Gasteiger partial charge on any atom is 0.270 e. The van der Waals surface area contributed by atoms with E-state index in [-0.39, 0.29) is 11.3 Å². The van der Waals surface area contributed by atoms with E-state index in [1.54, 1.807) is 18.2 Å². The van der Waals surface area contributed by atoms with Crippen LogP contribution in [0.3, 0.4) is 0 Å². The van der Waals surface area contributed by atoms with Crippen molar-refractivity contribution in [2.24, 2.45) is 0 Å². The van der Waals surface area contributed by atoms with Gasteiger partial charge in [0.15, 0.2) is 5.58 Å². The van der Waals surface area contributed by atoms with Crippen LogP contribution in [0.25, 0.3) is 22.6 Å². The largest absolute Gasteiger partial charge is 0.436 e. The summed E-state index contributed by atoms with van der Waals surface area (Å²) in [6.07, 6.45) is 1.04. The molecule has 1 heterocycles. The van der Waals surface area contributed by atoms with Crippen LogP contribution < -0.4 is 5.32 Å². The molecule has 1 N–H and O–H groups in total. The third-order valence-electron chi connectivity index (χ3n) is 5.37. The van der Waals surface area contributed by atoms with Crippen LogP contribution in [0.15, 0.2) is 69.6 Å². The maximum atomic E-state index is 12.7. The molecule has 0 aliphatic heterocycles. The number of carbonyl (C=O) groups excluding carboxylic acids is 1. The van der Waals surface area contributed by atoms with Crippen LogP contribution in [0.5, 0.6) is 0 Å². The summed E-state index contributed by atoms with van der Waals surface area (Å²) < 4.78 is 6.39. The average Bonchev–Trinajstić information content (AvgIpc) is 3.22. The first-order valence-corrected chi connectivity index (χ1v) is 10.9. The van der Waals surface area contributed by atoms with Gasteiger partial charge in [0.25, 0.3) is 11.6 Å². The van der Waals surface area contributed by atoms with E-state index in [4.69, 9.17) is 4.42 Å². The predicted octanol–water partition coefficient (Wildman–Crippen LogP) is 6.93. The molecule has 0 bridgehead atoms. The molecule has 32 heavy (non-hydrogen) atoms. The predicted molar refractivity (Wildman–Crippen MR) is 127 cm³/mol. The highest BCUT2D eigenvalue weighted by Gasteiger charge is 2.17. The summed E-state index contributed by atoms with van der Waals surface area (Å²) in [7, 11) is 0. The lowest BCUT2D eigenvalue weighted by Crippen LogP contribution is -2.13. The minimum atomic E-state index is -0.538. The second-order valence-electron chi connectivity index (χ2n) is 7.51. The van der Waals surface area contributed by atoms with Gasteiger partial charge in [-0.3, -0.25) is 14.9 Å². The molecule has 0 saturated carbocycles. The second kappa shape index (κ2) is 8.92. The molecule has 0 aliphatic carbocycles. The van der Waals surface area contributed by atoms with Crippen molar-refractivity contribution in [3.05, 3.63) is 86.4 Å². The Balaban J connectivity index is 1.61. The molecule has 7 nitrogen and oxygen atoms in total. The van der Waals surface area contributed by atoms with Gasteiger partial charge in [-0.25, -0.2) is 4.98 Å². The Bertz CT molecular complexity index is 1330. The molecule has 4 aromatic rings. The van der Waals surface area contributed by atoms with Crippen LogP contribution in [0, 0.1) is 10.1 Å². The summed E-state index contributed by atoms with van der Waals surface area (Å²) in [4.78, 5) is 27.8. The average molecular weight is 494 g/mol. The van der Waals surface area contributed by atoms with Crippen molar-refractivity contribution < 1.29 is 14.1 Å². The summed E-state index contributed by atoms with van der Waals surface area (Å²) in [5.74, 6) is 0.425. The number of nitro groups is 1. The molecule has 1 unspecified atom stereocenters. The molecule has 1 atom stereocenters. The highest BCUT2D eigenvalue weighted by Crippen LogP contribution is 2.30. The molecule has 0 fully saturated rings. The molecular formula is C24H20BrN3O4. The zero-order valence-corrected chi connectivity index (χ0v) is 19.0. The van der Waals surface area contributed by atoms with Crippen molar-refractivity contribution >= 4 is 44.3 Å². The van der Waals surface area contributed by atoms with Crippen LogP contribution in [-0.4, -0.2) is 15.8 Å². The van der Waals surface area contributed by atoms with E-state index in [9.17, 15) is 14.9 Å². The SMILES string of the molecule is CCC(C)c1ccc2oc(-c3cccc(NC(=O)c4cc([N+](=O)[O-])ccc4Br)c3)nc2c1. The smallest absolute Gasteiger partial charge is 0.270 e. The lowest BCUT2D eigenvalue weighted by atomic mass is 9.98. The number of nitrogens with one attached hydrogen (secondary N) is 1. The summed E-state index contributed by atoms with van der Waals surface area (Å²) in [6.45, 7) is 4.32. The number of hydrogen-bond acceptors (Lipinski definition) is 5. The van der Waals surface area contributed by atoms with E-state index in [0.717, 1.165) is 11.9 Å². The van der Waals surface area contributed by atoms with E-state index in [2.05, 4.69) is 46.1 Å². The maximum absolute atomic E-state index is 12.7. The van der Waals surface area contributed by atoms with Gasteiger partial charge < -0.3 is 9.73 Å². The van der Waals surface area contributed by atoms with Gasteiger partial charge in [-0.1, -0.05) is 26.0 Å². The van der Waals surface area contributed by atoms with Crippen molar-refractivity contribution in [2.75, 3.05) is 5.32 Å². The molecule has 162 valence electrons. The Morgan fingerprint density at radius 3 is 2.75 bits per heavy atom. The molecule has 1 amide bonds. The fourth-order valence-electron chi connectivity index (χ4n) is 3.34. The third kappa shape index (κ3) is 4.40. The number of oxazole rings is 1. The Morgan fingerprint density at radius 2 is 2.00 bits per heavy atom. The Hall–Kier alpha value is -3.52. The van der Waals surface area contributed by atoms with Crippen LogP contribution in [0.1, 0.15) is 42.1 Å². The number of carbonyl (C=O) groups is 1. The third-order valence-corrected chi connectivity index (χ3v) is 6.06. The molecular weight excluding hydrogens is 474 g/mol. The van der Waals surface area contributed by atoms with Crippen LogP contribution in [0.4, 0.5) is 11.4 Å². The number of non-ortho nitro benzene ring substituents is 1. The number of amides is 1. The van der Waals surface area contributed by atoms with Gasteiger partial charge in [-0.15, -0.1) is 0 Å². The lowest BCUT2D eigenvalue weighted by molar-refractivity contribution is -0.384. The number of halogens is 1. The monoisotopic (exact) mass is 493 g/mol. The molecule has 0 spiro atoms. The number of hydrogen-bond donors (Lipinski definition) is 1. The number of fused-ring (bicyclic) bond motifs is 1. The van der Waals surface area contributed by atoms with E-state index in [1.807, 2.05) is 18.2 Å². The molecule has 8 heteroatoms. The van der Waals surface area contributed by atoms with Gasteiger partial charge in [0.1, 0.15) is 5.52 Å². The van der Waals surface area contributed by atoms with Gasteiger partial charge in [0.05, 0.1) is 10.5 Å². The molecule has 1 aromatic heterocycles. The highest BCUT2D eigenvalue weighted by atomic mass is 79.9. The molecule has 0 saturated heterocycles. The lowest BCUT2D eigenvalue weighted by Gasteiger charge is -2.08. The number of nitro benzene ring substituents is 1. The van der Waals surface area contributed by atoms with Gasteiger partial charge in [0.2, 0.25) is 5.89 Å². The minimum absolute atomic E-state index is 0.157. The number of nitrogens with zero attached hydrogens (tertiary/aromatic N) is 2. The van der Waals surface area contributed by atoms with Crippen molar-refractivity contribution in [1.82, 2.24) is 4.98 Å². The van der Waals surface area contributed by atoms with Gasteiger partial charge in [-0.05, 0) is 70.2 Å². The minimum Gasteiger partial charge on any atom is -0.436 e. The molecule has 4 rings (SSSR count). The number of aromatic nitrogens is 1. The molecule has 0 radical (unpaired) electrons. The van der Waals surface area contributed by atoms with E-state index >= 15 is 0 Å².